The Labute approximate surface area is 258 Å². The molecule has 0 bridgehead atoms. The molecule has 14 heteroatoms. The van der Waals surface area contributed by atoms with Gasteiger partial charge in [0.1, 0.15) is 22.8 Å². The van der Waals surface area contributed by atoms with Crippen LogP contribution in [0.2, 0.25) is 0 Å². The number of carbonyl (C=O) groups excluding carboxylic acids is 2. The van der Waals surface area contributed by atoms with Gasteiger partial charge in [-0.2, -0.15) is 0 Å². The van der Waals surface area contributed by atoms with E-state index in [0.717, 1.165) is 0 Å². The minimum absolute atomic E-state index is 0.0390. The third-order valence-electron chi connectivity index (χ3n) is 7.08. The highest BCUT2D eigenvalue weighted by Crippen LogP contribution is 2.25. The fourth-order valence-corrected chi connectivity index (χ4v) is 4.76. The number of esters is 2. The SMILES string of the molecule is Cn1ccnc1-c1cc(C(=O)OCCCOC(=O)c2cc(-c3nccn3C)nc(-c3nccn3C)c2)cc(-c2nccn2C)n1. The molecule has 6 rings (SSSR count). The predicted octanol–water partition coefficient (Wildman–Crippen LogP) is 3.48. The van der Waals surface area contributed by atoms with Gasteiger partial charge < -0.3 is 27.7 Å². The van der Waals surface area contributed by atoms with Crippen molar-refractivity contribution < 1.29 is 19.1 Å². The molecule has 0 unspecified atom stereocenters. The molecule has 0 aliphatic heterocycles. The van der Waals surface area contributed by atoms with E-state index in [1.165, 1.54) is 0 Å². The fourth-order valence-electron chi connectivity index (χ4n) is 4.76. The van der Waals surface area contributed by atoms with Crippen molar-refractivity contribution in [3.63, 3.8) is 0 Å². The van der Waals surface area contributed by atoms with E-state index in [9.17, 15) is 9.59 Å². The summed E-state index contributed by atoms with van der Waals surface area (Å²) in [4.78, 5) is 53.0. The first-order valence-corrected chi connectivity index (χ1v) is 14.1. The maximum Gasteiger partial charge on any atom is 0.338 e. The number of hydrogen-bond donors (Lipinski definition) is 0. The molecule has 6 aromatic rings. The zero-order valence-corrected chi connectivity index (χ0v) is 25.2. The normalized spacial score (nSPS) is 11.1. The Hall–Kier alpha value is -5.92. The first-order chi connectivity index (χ1) is 21.8. The molecule has 0 saturated heterocycles. The van der Waals surface area contributed by atoms with Crippen molar-refractivity contribution in [2.45, 2.75) is 6.42 Å². The van der Waals surface area contributed by atoms with Gasteiger partial charge in [-0.15, -0.1) is 0 Å². The fraction of sp³-hybridized carbons (Fsp3) is 0.226. The molecule has 0 spiro atoms. The van der Waals surface area contributed by atoms with E-state index < -0.39 is 11.9 Å². The molecule has 6 aromatic heterocycles. The van der Waals surface area contributed by atoms with Gasteiger partial charge in [-0.05, 0) is 24.3 Å². The molecule has 0 atom stereocenters. The Balaban J connectivity index is 1.12. The van der Waals surface area contributed by atoms with E-state index in [2.05, 4.69) is 29.9 Å². The molecule has 0 aliphatic rings. The lowest BCUT2D eigenvalue weighted by molar-refractivity contribution is 0.0396. The van der Waals surface area contributed by atoms with Crippen molar-refractivity contribution in [2.75, 3.05) is 13.2 Å². The zero-order chi connectivity index (χ0) is 31.5. The van der Waals surface area contributed by atoms with E-state index in [1.807, 2.05) is 46.5 Å². The van der Waals surface area contributed by atoms with Crippen LogP contribution in [0.5, 0.6) is 0 Å². The van der Waals surface area contributed by atoms with Gasteiger partial charge in [0, 0.05) is 84.2 Å². The molecular weight excluding hydrogens is 576 g/mol. The third-order valence-corrected chi connectivity index (χ3v) is 7.08. The molecule has 0 aromatic carbocycles. The van der Waals surface area contributed by atoms with Crippen LogP contribution in [0.1, 0.15) is 27.1 Å². The van der Waals surface area contributed by atoms with Gasteiger partial charge in [-0.1, -0.05) is 0 Å². The lowest BCUT2D eigenvalue weighted by atomic mass is 10.1. The van der Waals surface area contributed by atoms with Crippen LogP contribution in [-0.2, 0) is 37.7 Å². The van der Waals surface area contributed by atoms with E-state index in [0.29, 0.717) is 63.6 Å². The number of rotatable bonds is 10. The molecule has 0 fully saturated rings. The molecule has 0 saturated carbocycles. The average Bonchev–Trinajstić information content (AvgIpc) is 3.85. The lowest BCUT2D eigenvalue weighted by Gasteiger charge is -2.11. The Bertz CT molecular complexity index is 1740. The Morgan fingerprint density at radius 2 is 0.822 bits per heavy atom. The second kappa shape index (κ2) is 12.4. The van der Waals surface area contributed by atoms with Crippen LogP contribution in [-0.4, -0.2) is 73.3 Å². The van der Waals surface area contributed by atoms with Crippen LogP contribution in [0.4, 0.5) is 0 Å². The second-order valence-corrected chi connectivity index (χ2v) is 10.3. The summed E-state index contributed by atoms with van der Waals surface area (Å²) >= 11 is 0. The number of hydrogen-bond acceptors (Lipinski definition) is 10. The van der Waals surface area contributed by atoms with Crippen LogP contribution in [0, 0.1) is 0 Å². The van der Waals surface area contributed by atoms with Crippen molar-refractivity contribution in [3.05, 3.63) is 85.0 Å². The van der Waals surface area contributed by atoms with Gasteiger partial charge in [-0.3, -0.25) is 0 Å². The van der Waals surface area contributed by atoms with E-state index in [4.69, 9.17) is 9.47 Å². The number of nitrogens with zero attached hydrogens (tertiary/aromatic N) is 10. The zero-order valence-electron chi connectivity index (χ0n) is 25.2. The molecule has 45 heavy (non-hydrogen) atoms. The molecule has 0 aliphatic carbocycles. The standard InChI is InChI=1S/C31H30N10O4/c1-38-10-6-32-26(38)22-16-20(17-23(36-22)27-33-7-11-39(27)2)30(42)44-14-5-15-45-31(43)21-18-24(28-34-8-12-40(28)3)37-25(19-21)29-35-9-13-41(29)4/h6-13,16-19H,5,14-15H2,1-4H3. The van der Waals surface area contributed by atoms with Gasteiger partial charge >= 0.3 is 11.9 Å². The molecule has 228 valence electrons. The average molecular weight is 607 g/mol. The molecule has 6 heterocycles. The van der Waals surface area contributed by atoms with Crippen molar-refractivity contribution in [2.24, 2.45) is 28.2 Å². The van der Waals surface area contributed by atoms with Crippen LogP contribution < -0.4 is 0 Å². The van der Waals surface area contributed by atoms with E-state index >= 15 is 0 Å². The van der Waals surface area contributed by atoms with Gasteiger partial charge in [0.2, 0.25) is 0 Å². The lowest BCUT2D eigenvalue weighted by Crippen LogP contribution is -2.12. The maximum absolute atomic E-state index is 13.1. The van der Waals surface area contributed by atoms with Crippen molar-refractivity contribution in [3.8, 4) is 46.1 Å². The Kier molecular flexibility index (Phi) is 8.01. The smallest absolute Gasteiger partial charge is 0.338 e. The Morgan fingerprint density at radius 1 is 0.533 bits per heavy atom. The topological polar surface area (TPSA) is 150 Å². The summed E-state index contributed by atoms with van der Waals surface area (Å²) in [7, 11) is 7.39. The first-order valence-electron chi connectivity index (χ1n) is 14.1. The van der Waals surface area contributed by atoms with Crippen molar-refractivity contribution in [1.82, 2.24) is 48.2 Å². The van der Waals surface area contributed by atoms with Crippen LogP contribution in [0.15, 0.2) is 73.8 Å². The maximum atomic E-state index is 13.1. The molecule has 0 N–H and O–H groups in total. The monoisotopic (exact) mass is 606 g/mol. The largest absolute Gasteiger partial charge is 0.462 e. The summed E-state index contributed by atoms with van der Waals surface area (Å²) in [5.41, 5.74) is 2.65. The van der Waals surface area contributed by atoms with E-state index in [1.54, 1.807) is 73.8 Å². The van der Waals surface area contributed by atoms with Crippen LogP contribution in [0.3, 0.4) is 0 Å². The minimum atomic E-state index is -0.539. The first kappa shape index (κ1) is 29.2. The van der Waals surface area contributed by atoms with Crippen LogP contribution >= 0.6 is 0 Å². The van der Waals surface area contributed by atoms with Crippen molar-refractivity contribution in [1.29, 1.82) is 0 Å². The number of aromatic nitrogens is 10. The summed E-state index contributed by atoms with van der Waals surface area (Å²) in [6.07, 6.45) is 14.1. The summed E-state index contributed by atoms with van der Waals surface area (Å²) in [6, 6.07) is 6.55. The molecule has 0 radical (unpaired) electrons. The third kappa shape index (κ3) is 6.11. The summed E-state index contributed by atoms with van der Waals surface area (Å²) in [6.45, 7) is 0.0780. The molecule has 14 nitrogen and oxygen atoms in total. The molecule has 0 amide bonds. The van der Waals surface area contributed by atoms with Gasteiger partial charge in [-0.25, -0.2) is 39.5 Å². The Morgan fingerprint density at radius 3 is 1.07 bits per heavy atom. The van der Waals surface area contributed by atoms with E-state index in [-0.39, 0.29) is 13.2 Å². The minimum Gasteiger partial charge on any atom is -0.462 e. The van der Waals surface area contributed by atoms with Gasteiger partial charge in [0.05, 0.1) is 24.3 Å². The predicted molar refractivity (Wildman–Crippen MR) is 162 cm³/mol. The highest BCUT2D eigenvalue weighted by molar-refractivity contribution is 5.92. The van der Waals surface area contributed by atoms with Crippen LogP contribution in [0.25, 0.3) is 46.1 Å². The van der Waals surface area contributed by atoms with Gasteiger partial charge in [0.25, 0.3) is 0 Å². The summed E-state index contributed by atoms with van der Waals surface area (Å²) < 4.78 is 18.3. The quantitative estimate of drug-likeness (QED) is 0.168. The number of ether oxygens (including phenoxy) is 2. The number of aryl methyl sites for hydroxylation is 4. The number of carbonyl (C=O) groups is 2. The summed E-state index contributed by atoms with van der Waals surface area (Å²) in [5, 5.41) is 0. The van der Waals surface area contributed by atoms with Crippen molar-refractivity contribution >= 4 is 11.9 Å². The summed E-state index contributed by atoms with van der Waals surface area (Å²) in [5.74, 6) is 1.31. The van der Waals surface area contributed by atoms with Gasteiger partial charge in [0.15, 0.2) is 23.3 Å². The number of pyridine rings is 2. The number of imidazole rings is 4. The highest BCUT2D eigenvalue weighted by atomic mass is 16.5. The highest BCUT2D eigenvalue weighted by Gasteiger charge is 2.19. The second-order valence-electron chi connectivity index (χ2n) is 10.3. The molecular formula is C31H30N10O4.